The third-order valence-electron chi connectivity index (χ3n) is 5.81. The van der Waals surface area contributed by atoms with E-state index in [9.17, 15) is 13.6 Å². The summed E-state index contributed by atoms with van der Waals surface area (Å²) in [6, 6.07) is 14.0. The van der Waals surface area contributed by atoms with E-state index in [4.69, 9.17) is 4.98 Å². The van der Waals surface area contributed by atoms with Gasteiger partial charge < -0.3 is 4.79 Å². The van der Waals surface area contributed by atoms with Crippen molar-refractivity contribution < 1.29 is 13.6 Å². The van der Waals surface area contributed by atoms with Gasteiger partial charge in [0.05, 0.1) is 11.2 Å². The predicted molar refractivity (Wildman–Crippen MR) is 112 cm³/mol. The maximum absolute atomic E-state index is 13.0. The van der Waals surface area contributed by atoms with E-state index < -0.39 is 18.8 Å². The van der Waals surface area contributed by atoms with Gasteiger partial charge in [-0.3, -0.25) is 0 Å². The van der Waals surface area contributed by atoms with Crippen LogP contribution >= 0.6 is 0 Å². The number of halogens is 2. The van der Waals surface area contributed by atoms with Crippen LogP contribution in [-0.2, 0) is 11.2 Å². The molecular formula is C25H23F2NO. The second-order valence-electron chi connectivity index (χ2n) is 7.88. The van der Waals surface area contributed by atoms with Crippen LogP contribution in [0.15, 0.2) is 48.0 Å². The van der Waals surface area contributed by atoms with Crippen molar-refractivity contribution in [3.8, 4) is 0 Å². The largest absolute Gasteiger partial charge is 0.303 e. The summed E-state index contributed by atoms with van der Waals surface area (Å²) in [5.41, 5.74) is 9.16. The summed E-state index contributed by atoms with van der Waals surface area (Å²) < 4.78 is 26.0. The Morgan fingerprint density at radius 1 is 1.07 bits per heavy atom. The van der Waals surface area contributed by atoms with Gasteiger partial charge in [0.15, 0.2) is 0 Å². The SMILES string of the molecule is CC1=C(c2cc(C)c3c(C(C=O)CC(F)F)ccc(C)c3n2)c2ccccc2C1. The Labute approximate surface area is 169 Å². The zero-order valence-corrected chi connectivity index (χ0v) is 16.8. The normalized spacial score (nSPS) is 14.6. The lowest BCUT2D eigenvalue weighted by molar-refractivity contribution is -0.109. The first-order chi connectivity index (χ1) is 13.9. The van der Waals surface area contributed by atoms with Gasteiger partial charge in [-0.2, -0.15) is 0 Å². The van der Waals surface area contributed by atoms with Crippen molar-refractivity contribution in [3.63, 3.8) is 0 Å². The first-order valence-electron chi connectivity index (χ1n) is 9.83. The Hall–Kier alpha value is -2.88. The van der Waals surface area contributed by atoms with E-state index >= 15 is 0 Å². The molecule has 0 amide bonds. The number of carbonyl (C=O) groups excluding carboxylic acids is 1. The van der Waals surface area contributed by atoms with Gasteiger partial charge in [-0.15, -0.1) is 0 Å². The molecule has 0 spiro atoms. The van der Waals surface area contributed by atoms with E-state index in [-0.39, 0.29) is 0 Å². The number of benzene rings is 2. The number of alkyl halides is 2. The summed E-state index contributed by atoms with van der Waals surface area (Å²) in [4.78, 5) is 16.5. The van der Waals surface area contributed by atoms with Gasteiger partial charge >= 0.3 is 0 Å². The van der Waals surface area contributed by atoms with Crippen LogP contribution < -0.4 is 0 Å². The number of hydrogen-bond donors (Lipinski definition) is 0. The van der Waals surface area contributed by atoms with Crippen LogP contribution in [0.25, 0.3) is 16.5 Å². The number of nitrogens with zero attached hydrogens (tertiary/aromatic N) is 1. The summed E-state index contributed by atoms with van der Waals surface area (Å²) in [6.07, 6.45) is -1.47. The molecule has 0 radical (unpaired) electrons. The molecule has 0 N–H and O–H groups in total. The Balaban J connectivity index is 1.92. The minimum Gasteiger partial charge on any atom is -0.303 e. The molecule has 0 aliphatic heterocycles. The lowest BCUT2D eigenvalue weighted by Gasteiger charge is -2.18. The minimum absolute atomic E-state index is 0.472. The Morgan fingerprint density at radius 3 is 2.55 bits per heavy atom. The summed E-state index contributed by atoms with van der Waals surface area (Å²) in [6.45, 7) is 6.07. The van der Waals surface area contributed by atoms with Crippen molar-refractivity contribution >= 4 is 22.8 Å². The third-order valence-corrected chi connectivity index (χ3v) is 5.81. The van der Waals surface area contributed by atoms with Gasteiger partial charge in [0, 0.05) is 23.3 Å². The molecule has 148 valence electrons. The molecule has 2 aromatic carbocycles. The van der Waals surface area contributed by atoms with Crippen LogP contribution in [0, 0.1) is 13.8 Å². The van der Waals surface area contributed by atoms with Crippen LogP contribution in [0.1, 0.15) is 52.8 Å². The summed E-state index contributed by atoms with van der Waals surface area (Å²) >= 11 is 0. The zero-order valence-electron chi connectivity index (χ0n) is 16.8. The topological polar surface area (TPSA) is 30.0 Å². The molecule has 0 saturated heterocycles. The first kappa shape index (κ1) is 19.4. The van der Waals surface area contributed by atoms with Gasteiger partial charge in [-0.25, -0.2) is 13.8 Å². The van der Waals surface area contributed by atoms with E-state index in [0.29, 0.717) is 11.8 Å². The fraction of sp³-hybridized carbons (Fsp3) is 0.280. The Morgan fingerprint density at radius 2 is 1.83 bits per heavy atom. The number of aryl methyl sites for hydroxylation is 2. The van der Waals surface area contributed by atoms with Crippen molar-refractivity contribution in [2.45, 2.75) is 46.0 Å². The number of rotatable bonds is 5. The van der Waals surface area contributed by atoms with Gasteiger partial charge in [0.1, 0.15) is 6.29 Å². The molecule has 0 bridgehead atoms. The standard InChI is InChI=1S/C25H23F2NO/c1-14-8-9-20(18(13-29)12-22(26)27)24-16(3)11-21(28-25(14)24)23-15(2)10-17-6-4-5-7-19(17)23/h4-9,11,13,18,22H,10,12H2,1-3H3. The van der Waals surface area contributed by atoms with Gasteiger partial charge in [-0.1, -0.05) is 42.0 Å². The quantitative estimate of drug-likeness (QED) is 0.487. The molecule has 1 atom stereocenters. The first-order valence-corrected chi connectivity index (χ1v) is 9.83. The maximum atomic E-state index is 13.0. The number of allylic oxidation sites excluding steroid dienone is 1. The Kier molecular flexibility index (Phi) is 5.03. The monoisotopic (exact) mass is 391 g/mol. The lowest BCUT2D eigenvalue weighted by Crippen LogP contribution is -2.08. The fourth-order valence-electron chi connectivity index (χ4n) is 4.46. The van der Waals surface area contributed by atoms with E-state index in [1.54, 1.807) is 6.07 Å². The van der Waals surface area contributed by atoms with Gasteiger partial charge in [-0.05, 0) is 61.1 Å². The number of hydrogen-bond acceptors (Lipinski definition) is 2. The number of carbonyl (C=O) groups is 1. The molecular weight excluding hydrogens is 368 g/mol. The van der Waals surface area contributed by atoms with Crippen LogP contribution in [0.4, 0.5) is 8.78 Å². The molecule has 1 aliphatic rings. The number of aldehydes is 1. The summed E-state index contributed by atoms with van der Waals surface area (Å²) in [5.74, 6) is -0.836. The number of aromatic nitrogens is 1. The average molecular weight is 391 g/mol. The molecule has 0 fully saturated rings. The van der Waals surface area contributed by atoms with Crippen LogP contribution in [0.2, 0.25) is 0 Å². The second-order valence-corrected chi connectivity index (χ2v) is 7.88. The minimum atomic E-state index is -2.53. The molecule has 1 unspecified atom stereocenters. The van der Waals surface area contributed by atoms with Crippen molar-refractivity contribution in [2.75, 3.05) is 0 Å². The molecule has 4 rings (SSSR count). The highest BCUT2D eigenvalue weighted by Crippen LogP contribution is 2.39. The molecule has 1 aromatic heterocycles. The number of pyridine rings is 1. The molecule has 29 heavy (non-hydrogen) atoms. The van der Waals surface area contributed by atoms with Crippen LogP contribution in [-0.4, -0.2) is 17.7 Å². The molecule has 2 nitrogen and oxygen atoms in total. The van der Waals surface area contributed by atoms with Gasteiger partial charge in [0.2, 0.25) is 6.43 Å². The molecule has 4 heteroatoms. The summed E-state index contributed by atoms with van der Waals surface area (Å²) in [7, 11) is 0. The Bertz CT molecular complexity index is 1150. The van der Waals surface area contributed by atoms with E-state index in [2.05, 4.69) is 19.1 Å². The van der Waals surface area contributed by atoms with Crippen molar-refractivity contribution in [1.29, 1.82) is 0 Å². The molecule has 3 aromatic rings. The smallest absolute Gasteiger partial charge is 0.239 e. The number of fused-ring (bicyclic) bond motifs is 2. The predicted octanol–water partition coefficient (Wildman–Crippen LogP) is 6.17. The zero-order chi connectivity index (χ0) is 20.7. The highest BCUT2D eigenvalue weighted by atomic mass is 19.3. The van der Waals surface area contributed by atoms with Crippen molar-refractivity contribution in [2.24, 2.45) is 0 Å². The highest BCUT2D eigenvalue weighted by molar-refractivity contribution is 5.94. The molecule has 1 aliphatic carbocycles. The fourth-order valence-corrected chi connectivity index (χ4v) is 4.46. The maximum Gasteiger partial charge on any atom is 0.239 e. The lowest BCUT2D eigenvalue weighted by atomic mass is 9.89. The van der Waals surface area contributed by atoms with Crippen molar-refractivity contribution in [3.05, 3.63) is 81.5 Å². The van der Waals surface area contributed by atoms with Crippen LogP contribution in [0.3, 0.4) is 0 Å². The second kappa shape index (κ2) is 7.51. The van der Waals surface area contributed by atoms with Crippen LogP contribution in [0.5, 0.6) is 0 Å². The molecule has 1 heterocycles. The highest BCUT2D eigenvalue weighted by Gasteiger charge is 2.24. The van der Waals surface area contributed by atoms with Crippen molar-refractivity contribution in [1.82, 2.24) is 4.98 Å². The third kappa shape index (κ3) is 3.37. The van der Waals surface area contributed by atoms with E-state index in [1.807, 2.05) is 38.1 Å². The summed E-state index contributed by atoms with van der Waals surface area (Å²) in [5, 5.41) is 0.816. The average Bonchev–Trinajstić information content (AvgIpc) is 3.02. The van der Waals surface area contributed by atoms with Gasteiger partial charge in [0.25, 0.3) is 0 Å². The van der Waals surface area contributed by atoms with E-state index in [0.717, 1.165) is 39.7 Å². The van der Waals surface area contributed by atoms with E-state index in [1.165, 1.54) is 16.7 Å². The molecule has 0 saturated carbocycles.